The molecule has 2 heteroatoms. The van der Waals surface area contributed by atoms with Crippen molar-refractivity contribution < 1.29 is 0 Å². The normalized spacial score (nSPS) is 32.4. The summed E-state index contributed by atoms with van der Waals surface area (Å²) in [5.74, 6) is 0.940. The SMILES string of the molecule is C1CNCC(CN(C2CCCC2)C2CC2)C1. The number of nitrogens with zero attached hydrogens (tertiary/aromatic N) is 1. The Kier molecular flexibility index (Phi) is 3.49. The standard InChI is InChI=1S/C14H26N2/c1-2-6-13(5-1)16(14-7-8-14)11-12-4-3-9-15-10-12/h12-15H,1-11H2. The fourth-order valence-corrected chi connectivity index (χ4v) is 3.62. The van der Waals surface area contributed by atoms with Crippen LogP contribution in [0.5, 0.6) is 0 Å². The van der Waals surface area contributed by atoms with Crippen molar-refractivity contribution in [2.75, 3.05) is 19.6 Å². The fourth-order valence-electron chi connectivity index (χ4n) is 3.62. The molecule has 0 bridgehead atoms. The third-order valence-corrected chi connectivity index (χ3v) is 4.68. The quantitative estimate of drug-likeness (QED) is 0.786. The summed E-state index contributed by atoms with van der Waals surface area (Å²) in [7, 11) is 0. The van der Waals surface area contributed by atoms with E-state index in [2.05, 4.69) is 10.2 Å². The van der Waals surface area contributed by atoms with Gasteiger partial charge in [-0.3, -0.25) is 4.90 Å². The Labute approximate surface area is 99.8 Å². The summed E-state index contributed by atoms with van der Waals surface area (Å²) >= 11 is 0. The van der Waals surface area contributed by atoms with E-state index in [-0.39, 0.29) is 0 Å². The maximum absolute atomic E-state index is 3.56. The van der Waals surface area contributed by atoms with Crippen LogP contribution in [-0.2, 0) is 0 Å². The molecule has 1 unspecified atom stereocenters. The van der Waals surface area contributed by atoms with E-state index in [1.54, 1.807) is 0 Å². The number of hydrogen-bond donors (Lipinski definition) is 1. The molecular formula is C14H26N2. The molecule has 2 aliphatic carbocycles. The predicted molar refractivity (Wildman–Crippen MR) is 67.6 cm³/mol. The summed E-state index contributed by atoms with van der Waals surface area (Å²) in [5, 5.41) is 3.56. The van der Waals surface area contributed by atoms with Crippen molar-refractivity contribution in [3.63, 3.8) is 0 Å². The Morgan fingerprint density at radius 2 is 1.62 bits per heavy atom. The Hall–Kier alpha value is -0.0800. The monoisotopic (exact) mass is 222 g/mol. The van der Waals surface area contributed by atoms with Crippen molar-refractivity contribution >= 4 is 0 Å². The van der Waals surface area contributed by atoms with Crippen LogP contribution < -0.4 is 5.32 Å². The molecular weight excluding hydrogens is 196 g/mol. The highest BCUT2D eigenvalue weighted by Crippen LogP contribution is 2.35. The number of rotatable bonds is 4. The molecule has 1 atom stereocenters. The maximum atomic E-state index is 3.56. The van der Waals surface area contributed by atoms with E-state index in [1.165, 1.54) is 71.0 Å². The lowest BCUT2D eigenvalue weighted by Crippen LogP contribution is -2.43. The highest BCUT2D eigenvalue weighted by molar-refractivity contribution is 4.92. The molecule has 1 aliphatic heterocycles. The molecule has 0 aromatic heterocycles. The summed E-state index contributed by atoms with van der Waals surface area (Å²) < 4.78 is 0. The van der Waals surface area contributed by atoms with Crippen LogP contribution in [0.15, 0.2) is 0 Å². The molecule has 92 valence electrons. The zero-order valence-corrected chi connectivity index (χ0v) is 10.5. The van der Waals surface area contributed by atoms with Gasteiger partial charge in [-0.05, 0) is 57.5 Å². The van der Waals surface area contributed by atoms with Gasteiger partial charge in [-0.25, -0.2) is 0 Å². The molecule has 0 aromatic carbocycles. The molecule has 3 aliphatic rings. The lowest BCUT2D eigenvalue weighted by molar-refractivity contribution is 0.146. The van der Waals surface area contributed by atoms with Gasteiger partial charge in [0.15, 0.2) is 0 Å². The van der Waals surface area contributed by atoms with Crippen molar-refractivity contribution in [3.05, 3.63) is 0 Å². The van der Waals surface area contributed by atoms with Crippen LogP contribution in [0.25, 0.3) is 0 Å². The third kappa shape index (κ3) is 2.60. The number of nitrogens with one attached hydrogen (secondary N) is 1. The summed E-state index contributed by atoms with van der Waals surface area (Å²) in [6.45, 7) is 3.92. The van der Waals surface area contributed by atoms with Gasteiger partial charge in [0.05, 0.1) is 0 Å². The molecule has 0 spiro atoms. The third-order valence-electron chi connectivity index (χ3n) is 4.68. The summed E-state index contributed by atoms with van der Waals surface area (Å²) in [6, 6.07) is 1.93. The van der Waals surface area contributed by atoms with Gasteiger partial charge >= 0.3 is 0 Å². The van der Waals surface area contributed by atoms with Crippen LogP contribution in [0.3, 0.4) is 0 Å². The first-order chi connectivity index (χ1) is 7.93. The molecule has 1 heterocycles. The van der Waals surface area contributed by atoms with Gasteiger partial charge in [0.1, 0.15) is 0 Å². The molecule has 0 amide bonds. The fraction of sp³-hybridized carbons (Fsp3) is 1.00. The molecule has 0 radical (unpaired) electrons. The van der Waals surface area contributed by atoms with E-state index >= 15 is 0 Å². The topological polar surface area (TPSA) is 15.3 Å². The minimum absolute atomic E-state index is 0.940. The van der Waals surface area contributed by atoms with Crippen LogP contribution in [0.4, 0.5) is 0 Å². The van der Waals surface area contributed by atoms with Crippen molar-refractivity contribution in [1.82, 2.24) is 10.2 Å². The summed E-state index contributed by atoms with van der Waals surface area (Å²) in [6.07, 6.45) is 11.8. The molecule has 2 nitrogen and oxygen atoms in total. The van der Waals surface area contributed by atoms with Gasteiger partial charge in [-0.15, -0.1) is 0 Å². The first-order valence-electron chi connectivity index (χ1n) is 7.40. The first-order valence-corrected chi connectivity index (χ1v) is 7.40. The molecule has 2 saturated carbocycles. The van der Waals surface area contributed by atoms with Crippen LogP contribution >= 0.6 is 0 Å². The molecule has 3 rings (SSSR count). The van der Waals surface area contributed by atoms with E-state index in [9.17, 15) is 0 Å². The lowest BCUT2D eigenvalue weighted by atomic mass is 9.98. The Morgan fingerprint density at radius 1 is 0.875 bits per heavy atom. The van der Waals surface area contributed by atoms with Crippen LogP contribution in [-0.4, -0.2) is 36.6 Å². The Balaban J connectivity index is 1.55. The first kappa shape index (κ1) is 11.0. The van der Waals surface area contributed by atoms with Gasteiger partial charge < -0.3 is 5.32 Å². The lowest BCUT2D eigenvalue weighted by Gasteiger charge is -2.34. The second-order valence-corrected chi connectivity index (χ2v) is 6.08. The van der Waals surface area contributed by atoms with Gasteiger partial charge in [-0.2, -0.15) is 0 Å². The van der Waals surface area contributed by atoms with Crippen molar-refractivity contribution in [2.24, 2.45) is 5.92 Å². The van der Waals surface area contributed by atoms with E-state index in [4.69, 9.17) is 0 Å². The van der Waals surface area contributed by atoms with Gasteiger partial charge in [0.25, 0.3) is 0 Å². The van der Waals surface area contributed by atoms with Crippen LogP contribution in [0, 0.1) is 5.92 Å². The van der Waals surface area contributed by atoms with E-state index in [1.807, 2.05) is 0 Å². The number of hydrogen-bond acceptors (Lipinski definition) is 2. The van der Waals surface area contributed by atoms with E-state index in [0.29, 0.717) is 0 Å². The zero-order valence-electron chi connectivity index (χ0n) is 10.5. The van der Waals surface area contributed by atoms with Crippen molar-refractivity contribution in [3.8, 4) is 0 Å². The van der Waals surface area contributed by atoms with Crippen LogP contribution in [0.1, 0.15) is 51.4 Å². The predicted octanol–water partition coefficient (Wildman–Crippen LogP) is 2.39. The van der Waals surface area contributed by atoms with Gasteiger partial charge in [-0.1, -0.05) is 12.8 Å². The van der Waals surface area contributed by atoms with Crippen molar-refractivity contribution in [1.29, 1.82) is 0 Å². The highest BCUT2D eigenvalue weighted by Gasteiger charge is 2.36. The van der Waals surface area contributed by atoms with E-state index < -0.39 is 0 Å². The molecule has 1 saturated heterocycles. The summed E-state index contributed by atoms with van der Waals surface area (Å²) in [4.78, 5) is 2.89. The largest absolute Gasteiger partial charge is 0.316 e. The minimum atomic E-state index is 0.940. The maximum Gasteiger partial charge on any atom is 0.00994 e. The molecule has 3 fully saturated rings. The van der Waals surface area contributed by atoms with Gasteiger partial charge in [0.2, 0.25) is 0 Å². The smallest absolute Gasteiger partial charge is 0.00994 e. The Bertz CT molecular complexity index is 213. The molecule has 0 aromatic rings. The van der Waals surface area contributed by atoms with Crippen molar-refractivity contribution in [2.45, 2.75) is 63.5 Å². The average Bonchev–Trinajstić information content (AvgIpc) is 3.02. The van der Waals surface area contributed by atoms with Gasteiger partial charge in [0, 0.05) is 18.6 Å². The average molecular weight is 222 g/mol. The Morgan fingerprint density at radius 3 is 2.25 bits per heavy atom. The zero-order chi connectivity index (χ0) is 10.8. The summed E-state index contributed by atoms with van der Waals surface area (Å²) in [5.41, 5.74) is 0. The second kappa shape index (κ2) is 5.05. The molecule has 1 N–H and O–H groups in total. The highest BCUT2D eigenvalue weighted by atomic mass is 15.2. The van der Waals surface area contributed by atoms with E-state index in [0.717, 1.165) is 18.0 Å². The second-order valence-electron chi connectivity index (χ2n) is 6.08. The number of piperidine rings is 1. The molecule has 16 heavy (non-hydrogen) atoms. The van der Waals surface area contributed by atoms with Crippen LogP contribution in [0.2, 0.25) is 0 Å². The minimum Gasteiger partial charge on any atom is -0.316 e.